The number of allylic oxidation sites excluding steroid dienone is 1. The number of carbonyl (C=O) groups excluding carboxylic acids is 1. The Morgan fingerprint density at radius 1 is 1.22 bits per heavy atom. The number of ketones is 1. The lowest BCUT2D eigenvalue weighted by Crippen LogP contribution is -1.99. The van der Waals surface area contributed by atoms with E-state index in [1.165, 1.54) is 6.33 Å². The molecular weight excluding hydrogens is 364 g/mol. The van der Waals surface area contributed by atoms with Crippen LogP contribution in [-0.2, 0) is 6.54 Å². The quantitative estimate of drug-likeness (QED) is 0.309. The molecule has 4 rings (SSSR count). The number of nitrogens with zero attached hydrogens (tertiary/aromatic N) is 3. The van der Waals surface area contributed by atoms with Crippen LogP contribution in [0.25, 0.3) is 16.7 Å². The van der Waals surface area contributed by atoms with Gasteiger partial charge in [-0.1, -0.05) is 41.9 Å². The first-order valence-corrected chi connectivity index (χ1v) is 8.62. The van der Waals surface area contributed by atoms with Crippen LogP contribution in [0.4, 0.5) is 0 Å². The average molecular weight is 379 g/mol. The predicted octanol–water partition coefficient (Wildman–Crippen LogP) is 4.24. The van der Waals surface area contributed by atoms with Gasteiger partial charge in [-0.25, -0.2) is 4.98 Å². The number of nitrogens with one attached hydrogen (secondary N) is 1. The number of halogens is 1. The second-order valence-corrected chi connectivity index (χ2v) is 6.48. The Hall–Kier alpha value is -3.38. The maximum absolute atomic E-state index is 12.2. The van der Waals surface area contributed by atoms with Gasteiger partial charge >= 0.3 is 0 Å². The molecule has 0 aliphatic rings. The van der Waals surface area contributed by atoms with E-state index in [-0.39, 0.29) is 11.6 Å². The summed E-state index contributed by atoms with van der Waals surface area (Å²) in [4.78, 5) is 16.0. The van der Waals surface area contributed by atoms with Gasteiger partial charge in [0, 0.05) is 40.3 Å². The van der Waals surface area contributed by atoms with Gasteiger partial charge in [-0.15, -0.1) is 0 Å². The monoisotopic (exact) mass is 378 g/mol. The van der Waals surface area contributed by atoms with E-state index in [1.54, 1.807) is 12.1 Å². The molecule has 4 aromatic rings. The van der Waals surface area contributed by atoms with Crippen LogP contribution in [0.3, 0.4) is 0 Å². The third kappa shape index (κ3) is 3.47. The lowest BCUT2D eigenvalue weighted by atomic mass is 10.1. The van der Waals surface area contributed by atoms with Crippen molar-refractivity contribution in [2.75, 3.05) is 0 Å². The van der Waals surface area contributed by atoms with Crippen molar-refractivity contribution < 1.29 is 9.90 Å². The highest BCUT2D eigenvalue weighted by Crippen LogP contribution is 2.29. The minimum Gasteiger partial charge on any atom is -0.507 e. The minimum absolute atomic E-state index is 0.0626. The summed E-state index contributed by atoms with van der Waals surface area (Å²) in [5, 5.41) is 18.0. The SMILES string of the molecule is O=C(/C=C(\O)c1cn(Cc2ccccc2)c2ccc(Cl)cc12)c1ncn[nH]1. The number of H-pyrrole nitrogens is 1. The lowest BCUT2D eigenvalue weighted by molar-refractivity contribution is 0.103. The summed E-state index contributed by atoms with van der Waals surface area (Å²) in [5.74, 6) is -0.556. The van der Waals surface area contributed by atoms with Crippen molar-refractivity contribution in [2.45, 2.75) is 6.54 Å². The number of aliphatic hydroxyl groups is 1. The smallest absolute Gasteiger partial charge is 0.226 e. The van der Waals surface area contributed by atoms with Gasteiger partial charge in [-0.2, -0.15) is 5.10 Å². The van der Waals surface area contributed by atoms with Gasteiger partial charge in [-0.05, 0) is 23.8 Å². The zero-order valence-electron chi connectivity index (χ0n) is 14.1. The number of carbonyl (C=O) groups is 1. The van der Waals surface area contributed by atoms with Crippen molar-refractivity contribution in [3.8, 4) is 0 Å². The van der Waals surface area contributed by atoms with Gasteiger partial charge in [0.15, 0.2) is 5.82 Å². The fourth-order valence-corrected chi connectivity index (χ4v) is 3.15. The second-order valence-electron chi connectivity index (χ2n) is 6.05. The molecule has 0 saturated carbocycles. The standard InChI is InChI=1S/C20H15ClN4O2/c21-14-6-7-17-15(8-14)16(11-25(17)10-13-4-2-1-3-5-13)18(26)9-19(27)20-22-12-23-24-20/h1-9,11-12,26H,10H2,(H,22,23,24)/b18-9-. The molecule has 6 nitrogen and oxygen atoms in total. The van der Waals surface area contributed by atoms with Gasteiger partial charge in [0.05, 0.1) is 0 Å². The molecular formula is C20H15ClN4O2. The van der Waals surface area contributed by atoms with Crippen molar-refractivity contribution in [1.29, 1.82) is 0 Å². The summed E-state index contributed by atoms with van der Waals surface area (Å²) >= 11 is 6.15. The van der Waals surface area contributed by atoms with E-state index in [1.807, 2.05) is 47.2 Å². The Morgan fingerprint density at radius 3 is 2.78 bits per heavy atom. The number of hydrogen-bond acceptors (Lipinski definition) is 4. The third-order valence-electron chi connectivity index (χ3n) is 4.23. The summed E-state index contributed by atoms with van der Waals surface area (Å²) < 4.78 is 2.01. The summed E-state index contributed by atoms with van der Waals surface area (Å²) in [5.41, 5.74) is 2.55. The molecule has 0 amide bonds. The summed E-state index contributed by atoms with van der Waals surface area (Å²) in [6.07, 6.45) is 4.18. The van der Waals surface area contributed by atoms with Crippen LogP contribution in [0.5, 0.6) is 0 Å². The van der Waals surface area contributed by atoms with Crippen molar-refractivity contribution in [3.05, 3.63) is 89.1 Å². The van der Waals surface area contributed by atoms with E-state index < -0.39 is 5.78 Å². The zero-order valence-corrected chi connectivity index (χ0v) is 14.9. The fraction of sp³-hybridized carbons (Fsp3) is 0.0500. The molecule has 7 heteroatoms. The van der Waals surface area contributed by atoms with Gasteiger partial charge < -0.3 is 9.67 Å². The van der Waals surface area contributed by atoms with Gasteiger partial charge in [0.1, 0.15) is 12.1 Å². The van der Waals surface area contributed by atoms with Crippen LogP contribution >= 0.6 is 11.6 Å². The molecule has 134 valence electrons. The van der Waals surface area contributed by atoms with Crippen LogP contribution in [0.1, 0.15) is 21.7 Å². The number of fused-ring (bicyclic) bond motifs is 1. The molecule has 0 fully saturated rings. The minimum atomic E-state index is -0.462. The molecule has 2 heterocycles. The van der Waals surface area contributed by atoms with E-state index in [0.717, 1.165) is 22.5 Å². The number of hydrogen-bond donors (Lipinski definition) is 2. The molecule has 0 atom stereocenters. The van der Waals surface area contributed by atoms with Crippen molar-refractivity contribution in [2.24, 2.45) is 0 Å². The van der Waals surface area contributed by atoms with E-state index in [2.05, 4.69) is 15.2 Å². The molecule has 0 spiro atoms. The molecule has 0 aliphatic heterocycles. The Bertz CT molecular complexity index is 1130. The van der Waals surface area contributed by atoms with E-state index in [4.69, 9.17) is 11.6 Å². The van der Waals surface area contributed by atoms with Crippen LogP contribution in [-0.4, -0.2) is 30.6 Å². The number of rotatable bonds is 5. The highest BCUT2D eigenvalue weighted by Gasteiger charge is 2.15. The van der Waals surface area contributed by atoms with Crippen LogP contribution in [0, 0.1) is 0 Å². The molecule has 0 radical (unpaired) electrons. The van der Waals surface area contributed by atoms with E-state index in [9.17, 15) is 9.90 Å². The average Bonchev–Trinajstić information content (AvgIpc) is 3.31. The first-order valence-electron chi connectivity index (χ1n) is 8.25. The summed E-state index contributed by atoms with van der Waals surface area (Å²) in [6, 6.07) is 15.5. The van der Waals surface area contributed by atoms with Crippen molar-refractivity contribution >= 4 is 34.0 Å². The third-order valence-corrected chi connectivity index (χ3v) is 4.47. The van der Waals surface area contributed by atoms with Gasteiger partial charge in [0.25, 0.3) is 0 Å². The molecule has 0 saturated heterocycles. The molecule has 0 aliphatic carbocycles. The Morgan fingerprint density at radius 2 is 2.04 bits per heavy atom. The lowest BCUT2D eigenvalue weighted by Gasteiger charge is -2.05. The fourth-order valence-electron chi connectivity index (χ4n) is 2.98. The number of benzene rings is 2. The topological polar surface area (TPSA) is 83.8 Å². The van der Waals surface area contributed by atoms with Crippen LogP contribution in [0.15, 0.2) is 67.1 Å². The Labute approximate surface area is 159 Å². The largest absolute Gasteiger partial charge is 0.507 e. The number of aliphatic hydroxyl groups excluding tert-OH is 1. The maximum Gasteiger partial charge on any atom is 0.226 e. The molecule has 2 N–H and O–H groups in total. The van der Waals surface area contributed by atoms with Crippen molar-refractivity contribution in [1.82, 2.24) is 19.7 Å². The van der Waals surface area contributed by atoms with Crippen LogP contribution < -0.4 is 0 Å². The molecule has 2 aromatic heterocycles. The van der Waals surface area contributed by atoms with Crippen molar-refractivity contribution in [3.63, 3.8) is 0 Å². The summed E-state index contributed by atoms with van der Waals surface area (Å²) in [6.45, 7) is 0.627. The van der Waals surface area contributed by atoms with Gasteiger partial charge in [0.2, 0.25) is 5.78 Å². The molecule has 0 bridgehead atoms. The maximum atomic E-state index is 12.2. The highest BCUT2D eigenvalue weighted by molar-refractivity contribution is 6.31. The number of aromatic amines is 1. The Balaban J connectivity index is 1.78. The number of aromatic nitrogens is 4. The van der Waals surface area contributed by atoms with Gasteiger partial charge in [-0.3, -0.25) is 9.89 Å². The zero-order chi connectivity index (χ0) is 18.8. The van der Waals surface area contributed by atoms with E-state index >= 15 is 0 Å². The predicted molar refractivity (Wildman–Crippen MR) is 104 cm³/mol. The highest BCUT2D eigenvalue weighted by atomic mass is 35.5. The Kier molecular flexibility index (Phi) is 4.48. The summed E-state index contributed by atoms with van der Waals surface area (Å²) in [7, 11) is 0. The molecule has 2 aromatic carbocycles. The van der Waals surface area contributed by atoms with Crippen LogP contribution in [0.2, 0.25) is 5.02 Å². The second kappa shape index (κ2) is 7.09. The molecule has 0 unspecified atom stereocenters. The normalized spacial score (nSPS) is 11.8. The molecule has 27 heavy (non-hydrogen) atoms. The van der Waals surface area contributed by atoms with E-state index in [0.29, 0.717) is 17.1 Å². The first kappa shape index (κ1) is 17.1. The first-order chi connectivity index (χ1) is 13.1.